The fraction of sp³-hybridized carbons (Fsp3) is 0.381. The predicted octanol–water partition coefficient (Wildman–Crippen LogP) is 3.84. The number of pyridine rings is 1. The minimum absolute atomic E-state index is 0.0278. The molecule has 1 aromatic carbocycles. The molecule has 4 rings (SSSR count). The van der Waals surface area contributed by atoms with Crippen LogP contribution in [0.1, 0.15) is 35.9 Å². The summed E-state index contributed by atoms with van der Waals surface area (Å²) >= 11 is 5.92. The lowest BCUT2D eigenvalue weighted by atomic mass is 10.1. The van der Waals surface area contributed by atoms with Gasteiger partial charge < -0.3 is 9.80 Å². The molecule has 3 aromatic rings. The molecule has 0 N–H and O–H groups in total. The molecule has 1 aliphatic heterocycles. The zero-order valence-electron chi connectivity index (χ0n) is 17.6. The number of hydrogen-bond donors (Lipinski definition) is 0. The maximum absolute atomic E-state index is 13.2. The lowest BCUT2D eigenvalue weighted by Crippen LogP contribution is -2.49. The third kappa shape index (κ3) is 3.93. The maximum atomic E-state index is 13.2. The second-order valence-corrected chi connectivity index (χ2v) is 8.32. The van der Waals surface area contributed by atoms with E-state index in [1.165, 1.54) is 6.07 Å². The number of anilines is 1. The van der Waals surface area contributed by atoms with Crippen molar-refractivity contribution in [1.29, 1.82) is 0 Å². The molecule has 3 heterocycles. The molecular weight excluding hydrogens is 420 g/mol. The van der Waals surface area contributed by atoms with Crippen molar-refractivity contribution in [3.63, 3.8) is 0 Å². The van der Waals surface area contributed by atoms with Gasteiger partial charge in [0.15, 0.2) is 5.65 Å². The van der Waals surface area contributed by atoms with E-state index in [0.29, 0.717) is 48.1 Å². The average molecular weight is 443 g/mol. The number of nitrogens with zero attached hydrogens (tertiary/aromatic N) is 6. The minimum Gasteiger partial charge on any atom is -0.362 e. The zero-order valence-corrected chi connectivity index (χ0v) is 18.3. The van der Waals surface area contributed by atoms with E-state index < -0.39 is 4.92 Å². The Hall–Kier alpha value is -3.20. The van der Waals surface area contributed by atoms with Gasteiger partial charge in [-0.25, -0.2) is 9.67 Å². The quantitative estimate of drug-likeness (QED) is 0.449. The van der Waals surface area contributed by atoms with Gasteiger partial charge in [-0.1, -0.05) is 11.6 Å². The summed E-state index contributed by atoms with van der Waals surface area (Å²) in [5.74, 6) is -0.0885. The van der Waals surface area contributed by atoms with E-state index in [9.17, 15) is 14.9 Å². The Morgan fingerprint density at radius 3 is 2.55 bits per heavy atom. The molecule has 0 radical (unpaired) electrons. The summed E-state index contributed by atoms with van der Waals surface area (Å²) in [6.45, 7) is 7.81. The zero-order chi connectivity index (χ0) is 22.3. The van der Waals surface area contributed by atoms with Crippen LogP contribution in [0, 0.1) is 17.0 Å². The average Bonchev–Trinajstić information content (AvgIpc) is 3.15. The van der Waals surface area contributed by atoms with Crippen molar-refractivity contribution in [3.05, 3.63) is 56.9 Å². The molecule has 1 fully saturated rings. The lowest BCUT2D eigenvalue weighted by molar-refractivity contribution is -0.384. The van der Waals surface area contributed by atoms with Crippen LogP contribution in [0.4, 0.5) is 11.4 Å². The second-order valence-electron chi connectivity index (χ2n) is 7.89. The first-order valence-electron chi connectivity index (χ1n) is 10.1. The Morgan fingerprint density at radius 2 is 1.90 bits per heavy atom. The van der Waals surface area contributed by atoms with E-state index in [-0.39, 0.29) is 17.6 Å². The molecule has 162 valence electrons. The molecule has 1 amide bonds. The number of carbonyl (C=O) groups is 1. The number of nitro groups is 1. The number of benzene rings is 1. The van der Waals surface area contributed by atoms with Gasteiger partial charge in [-0.2, -0.15) is 5.10 Å². The summed E-state index contributed by atoms with van der Waals surface area (Å²) in [4.78, 5) is 32.5. The Bertz CT molecular complexity index is 1170. The van der Waals surface area contributed by atoms with Crippen LogP contribution in [0.5, 0.6) is 0 Å². The van der Waals surface area contributed by atoms with Crippen LogP contribution in [-0.2, 0) is 0 Å². The molecule has 1 aliphatic rings. The van der Waals surface area contributed by atoms with Gasteiger partial charge >= 0.3 is 0 Å². The fourth-order valence-corrected chi connectivity index (χ4v) is 4.06. The molecule has 9 nitrogen and oxygen atoms in total. The van der Waals surface area contributed by atoms with Crippen LogP contribution >= 0.6 is 11.6 Å². The van der Waals surface area contributed by atoms with Gasteiger partial charge in [-0.3, -0.25) is 14.9 Å². The SMILES string of the molecule is Cc1nc2c(cnn2C(C)C)cc1C(=O)N1CCN(c2ccc(Cl)cc2[N+](=O)[O-])CC1. The number of nitro benzene ring substituents is 1. The first-order chi connectivity index (χ1) is 14.8. The number of carbonyl (C=O) groups excluding carboxylic acids is 1. The summed E-state index contributed by atoms with van der Waals surface area (Å²) < 4.78 is 1.84. The highest BCUT2D eigenvalue weighted by molar-refractivity contribution is 6.30. The Morgan fingerprint density at radius 1 is 1.19 bits per heavy atom. The van der Waals surface area contributed by atoms with Crippen molar-refractivity contribution >= 4 is 39.9 Å². The molecule has 0 bridgehead atoms. The van der Waals surface area contributed by atoms with Crippen molar-refractivity contribution in [1.82, 2.24) is 19.7 Å². The van der Waals surface area contributed by atoms with Gasteiger partial charge in [0.1, 0.15) is 5.69 Å². The largest absolute Gasteiger partial charge is 0.362 e. The van der Waals surface area contributed by atoms with Crippen LogP contribution in [-0.4, -0.2) is 56.7 Å². The minimum atomic E-state index is -0.430. The predicted molar refractivity (Wildman–Crippen MR) is 119 cm³/mol. The van der Waals surface area contributed by atoms with E-state index in [4.69, 9.17) is 11.6 Å². The topological polar surface area (TPSA) is 97.4 Å². The van der Waals surface area contributed by atoms with E-state index >= 15 is 0 Å². The van der Waals surface area contributed by atoms with Crippen LogP contribution < -0.4 is 4.90 Å². The Kier molecular flexibility index (Phi) is 5.53. The number of fused-ring (bicyclic) bond motifs is 1. The van der Waals surface area contributed by atoms with Crippen LogP contribution in [0.3, 0.4) is 0 Å². The first kappa shape index (κ1) is 21.0. The standard InChI is InChI=1S/C21H23ClN6O3/c1-13(2)27-20-15(12-23-27)10-17(14(3)24-20)21(29)26-8-6-25(7-9-26)18-5-4-16(22)11-19(18)28(30)31/h4-5,10-13H,6-9H2,1-3H3. The number of aromatic nitrogens is 3. The lowest BCUT2D eigenvalue weighted by Gasteiger charge is -2.36. The van der Waals surface area contributed by atoms with Crippen molar-refractivity contribution in [2.75, 3.05) is 31.1 Å². The monoisotopic (exact) mass is 442 g/mol. The van der Waals surface area contributed by atoms with Gasteiger partial charge in [0.05, 0.1) is 22.4 Å². The van der Waals surface area contributed by atoms with Crippen LogP contribution in [0.2, 0.25) is 5.02 Å². The van der Waals surface area contributed by atoms with Crippen molar-refractivity contribution in [2.45, 2.75) is 26.8 Å². The third-order valence-corrected chi connectivity index (χ3v) is 5.76. The Balaban J connectivity index is 1.53. The number of aryl methyl sites for hydroxylation is 1. The molecule has 0 saturated carbocycles. The van der Waals surface area contributed by atoms with Crippen molar-refractivity contribution in [3.8, 4) is 0 Å². The summed E-state index contributed by atoms with van der Waals surface area (Å²) in [6, 6.07) is 6.68. The highest BCUT2D eigenvalue weighted by Crippen LogP contribution is 2.32. The number of hydrogen-bond acceptors (Lipinski definition) is 6. The molecule has 0 spiro atoms. The smallest absolute Gasteiger partial charge is 0.294 e. The van der Waals surface area contributed by atoms with Gasteiger partial charge in [0.25, 0.3) is 11.6 Å². The molecule has 1 saturated heterocycles. The summed E-state index contributed by atoms with van der Waals surface area (Å²) in [5.41, 5.74) is 2.48. The number of halogens is 1. The number of piperazine rings is 1. The first-order valence-corrected chi connectivity index (χ1v) is 10.5. The van der Waals surface area contributed by atoms with E-state index in [1.54, 1.807) is 23.2 Å². The fourth-order valence-electron chi connectivity index (χ4n) is 3.89. The summed E-state index contributed by atoms with van der Waals surface area (Å²) in [6.07, 6.45) is 1.73. The Labute approximate surface area is 184 Å². The second kappa shape index (κ2) is 8.14. The van der Waals surface area contributed by atoms with Gasteiger partial charge in [0.2, 0.25) is 0 Å². The molecule has 0 unspecified atom stereocenters. The number of amides is 1. The molecule has 31 heavy (non-hydrogen) atoms. The molecule has 0 atom stereocenters. The molecule has 10 heteroatoms. The number of rotatable bonds is 4. The van der Waals surface area contributed by atoms with Gasteiger partial charge in [-0.05, 0) is 39.0 Å². The van der Waals surface area contributed by atoms with E-state index in [1.807, 2.05) is 36.4 Å². The summed E-state index contributed by atoms with van der Waals surface area (Å²) in [7, 11) is 0. The van der Waals surface area contributed by atoms with Crippen molar-refractivity contribution < 1.29 is 9.72 Å². The van der Waals surface area contributed by atoms with E-state index in [0.717, 1.165) is 11.0 Å². The highest BCUT2D eigenvalue weighted by Gasteiger charge is 2.27. The van der Waals surface area contributed by atoms with Gasteiger partial charge in [-0.15, -0.1) is 0 Å². The van der Waals surface area contributed by atoms with Crippen molar-refractivity contribution in [2.24, 2.45) is 0 Å². The van der Waals surface area contributed by atoms with Crippen LogP contribution in [0.15, 0.2) is 30.5 Å². The molecule has 2 aromatic heterocycles. The normalized spacial score (nSPS) is 14.5. The highest BCUT2D eigenvalue weighted by atomic mass is 35.5. The summed E-state index contributed by atoms with van der Waals surface area (Å²) in [5, 5.41) is 16.9. The molecular formula is C21H23ClN6O3. The molecule has 0 aliphatic carbocycles. The third-order valence-electron chi connectivity index (χ3n) is 5.52. The van der Waals surface area contributed by atoms with Gasteiger partial charge in [0, 0.05) is 48.7 Å². The maximum Gasteiger partial charge on any atom is 0.294 e. The van der Waals surface area contributed by atoms with E-state index in [2.05, 4.69) is 10.1 Å². The van der Waals surface area contributed by atoms with Crippen LogP contribution in [0.25, 0.3) is 11.0 Å².